The molecule has 1 aliphatic rings. The van der Waals surface area contributed by atoms with Crippen molar-refractivity contribution in [2.45, 2.75) is 58.3 Å². The van der Waals surface area contributed by atoms with Gasteiger partial charge in [0.05, 0.1) is 5.69 Å². The van der Waals surface area contributed by atoms with Crippen LogP contribution < -0.4 is 4.90 Å². The van der Waals surface area contributed by atoms with Gasteiger partial charge in [0.25, 0.3) is 0 Å². The van der Waals surface area contributed by atoms with Crippen LogP contribution in [0.4, 0.5) is 17.1 Å². The topological polar surface area (TPSA) is 3.24 Å². The molecular weight excluding hydrogens is 603 g/mol. The summed E-state index contributed by atoms with van der Waals surface area (Å²) in [6.45, 7) is 11.7. The number of fused-ring (bicyclic) bond motifs is 4. The van der Waals surface area contributed by atoms with Crippen LogP contribution in [0.3, 0.4) is 0 Å². The second-order valence-electron chi connectivity index (χ2n) is 14.8. The van der Waals surface area contributed by atoms with E-state index in [1.165, 1.54) is 72.2 Å². The molecule has 50 heavy (non-hydrogen) atoms. The van der Waals surface area contributed by atoms with Crippen LogP contribution in [0.5, 0.6) is 0 Å². The summed E-state index contributed by atoms with van der Waals surface area (Å²) in [6.07, 6.45) is 2.11. The summed E-state index contributed by atoms with van der Waals surface area (Å²) in [4.78, 5) is 2.58. The number of anilines is 3. The Kier molecular flexibility index (Phi) is 7.95. The van der Waals surface area contributed by atoms with Crippen molar-refractivity contribution in [2.24, 2.45) is 0 Å². The maximum absolute atomic E-state index is 2.58. The maximum Gasteiger partial charge on any atom is 0.0621 e. The first kappa shape index (κ1) is 31.8. The van der Waals surface area contributed by atoms with Crippen LogP contribution in [-0.2, 0) is 10.8 Å². The third-order valence-electron chi connectivity index (χ3n) is 11.1. The fourth-order valence-corrected chi connectivity index (χ4v) is 8.57. The van der Waals surface area contributed by atoms with Gasteiger partial charge in [-0.1, -0.05) is 168 Å². The van der Waals surface area contributed by atoms with E-state index in [9.17, 15) is 0 Å². The fourth-order valence-electron chi connectivity index (χ4n) is 8.57. The van der Waals surface area contributed by atoms with Crippen molar-refractivity contribution in [1.29, 1.82) is 0 Å². The smallest absolute Gasteiger partial charge is 0.0621 e. The molecule has 0 saturated carbocycles. The second-order valence-corrected chi connectivity index (χ2v) is 14.8. The van der Waals surface area contributed by atoms with Gasteiger partial charge in [0, 0.05) is 27.7 Å². The van der Waals surface area contributed by atoms with E-state index in [1.807, 2.05) is 0 Å². The first-order chi connectivity index (χ1) is 24.4. The third-order valence-corrected chi connectivity index (χ3v) is 11.1. The Morgan fingerprint density at radius 2 is 1.08 bits per heavy atom. The summed E-state index contributed by atoms with van der Waals surface area (Å²) in [5, 5.41) is 2.55. The minimum atomic E-state index is -0.0638. The number of benzene rings is 7. The monoisotopic (exact) mass is 647 g/mol. The van der Waals surface area contributed by atoms with E-state index in [-0.39, 0.29) is 10.8 Å². The van der Waals surface area contributed by atoms with E-state index < -0.39 is 0 Å². The van der Waals surface area contributed by atoms with Crippen LogP contribution in [-0.4, -0.2) is 0 Å². The van der Waals surface area contributed by atoms with E-state index in [0.717, 1.165) is 18.5 Å². The van der Waals surface area contributed by atoms with Crippen LogP contribution in [0.2, 0.25) is 0 Å². The quantitative estimate of drug-likeness (QED) is 0.166. The molecule has 246 valence electrons. The van der Waals surface area contributed by atoms with Gasteiger partial charge in [-0.15, -0.1) is 0 Å². The molecule has 0 saturated heterocycles. The van der Waals surface area contributed by atoms with Gasteiger partial charge in [0.15, 0.2) is 0 Å². The zero-order chi connectivity index (χ0) is 34.5. The standard InChI is InChI=1S/C49H45N/c1-6-49(7-2)42-26-16-15-25-41(42)46-44(49)33-36-21-11-12-24-40(36)47(46)50(45-28-18-17-27-43(45)48(3,4)5)37-31-29-35(30-32-37)39-23-14-13-22-38(39)34-19-9-8-10-20-34/h8-33H,6-7H2,1-5H3. The predicted molar refractivity (Wildman–Crippen MR) is 215 cm³/mol. The largest absolute Gasteiger partial charge is 0.309 e. The Morgan fingerprint density at radius 3 is 1.76 bits per heavy atom. The molecule has 0 bridgehead atoms. The molecule has 0 aliphatic heterocycles. The molecule has 1 heteroatoms. The van der Waals surface area contributed by atoms with Crippen LogP contribution >= 0.6 is 0 Å². The number of nitrogens with zero attached hydrogens (tertiary/aromatic N) is 1. The molecule has 0 fully saturated rings. The van der Waals surface area contributed by atoms with Crippen LogP contribution in [0, 0.1) is 0 Å². The molecule has 0 spiro atoms. The van der Waals surface area contributed by atoms with E-state index in [2.05, 4.69) is 197 Å². The lowest BCUT2D eigenvalue weighted by Crippen LogP contribution is -2.23. The summed E-state index contributed by atoms with van der Waals surface area (Å²) in [5.74, 6) is 0. The van der Waals surface area contributed by atoms with Gasteiger partial charge < -0.3 is 4.90 Å². The van der Waals surface area contributed by atoms with Gasteiger partial charge in [-0.05, 0) is 92.4 Å². The van der Waals surface area contributed by atoms with Crippen LogP contribution in [0.1, 0.15) is 64.2 Å². The zero-order valence-electron chi connectivity index (χ0n) is 29.9. The van der Waals surface area contributed by atoms with Crippen molar-refractivity contribution in [3.05, 3.63) is 174 Å². The molecule has 0 heterocycles. The number of rotatable bonds is 7. The van der Waals surface area contributed by atoms with Crippen LogP contribution in [0.15, 0.2) is 158 Å². The SMILES string of the molecule is CCC1(CC)c2ccccc2-c2c1cc1ccccc1c2N(c1ccc(-c2ccccc2-c2ccccc2)cc1)c1ccccc1C(C)(C)C. The fraction of sp³-hybridized carbons (Fsp3) is 0.184. The Morgan fingerprint density at radius 1 is 0.520 bits per heavy atom. The Labute approximate surface area is 297 Å². The van der Waals surface area contributed by atoms with Gasteiger partial charge >= 0.3 is 0 Å². The Hall–Kier alpha value is -5.40. The molecule has 0 amide bonds. The van der Waals surface area contributed by atoms with Crippen molar-refractivity contribution in [2.75, 3.05) is 4.90 Å². The van der Waals surface area contributed by atoms with Gasteiger partial charge in [-0.2, -0.15) is 0 Å². The van der Waals surface area contributed by atoms with E-state index in [1.54, 1.807) is 0 Å². The van der Waals surface area contributed by atoms with E-state index in [4.69, 9.17) is 0 Å². The summed E-state index contributed by atoms with van der Waals surface area (Å²) in [5.41, 5.74) is 15.4. The van der Waals surface area contributed by atoms with Crippen LogP contribution in [0.25, 0.3) is 44.2 Å². The number of para-hydroxylation sites is 1. The predicted octanol–water partition coefficient (Wildman–Crippen LogP) is 14.0. The van der Waals surface area contributed by atoms with Gasteiger partial charge in [-0.25, -0.2) is 0 Å². The van der Waals surface area contributed by atoms with E-state index in [0.29, 0.717) is 0 Å². The van der Waals surface area contributed by atoms with Crippen molar-refractivity contribution >= 4 is 27.8 Å². The summed E-state index contributed by atoms with van der Waals surface area (Å²) >= 11 is 0. The third kappa shape index (κ3) is 5.07. The van der Waals surface area contributed by atoms with Gasteiger partial charge in [0.2, 0.25) is 0 Å². The Balaban J connectivity index is 1.43. The first-order valence-corrected chi connectivity index (χ1v) is 18.2. The lowest BCUT2D eigenvalue weighted by Gasteiger charge is -2.35. The molecule has 0 atom stereocenters. The summed E-state index contributed by atoms with van der Waals surface area (Å²) in [7, 11) is 0. The zero-order valence-corrected chi connectivity index (χ0v) is 29.9. The van der Waals surface area contributed by atoms with Crippen molar-refractivity contribution in [3.63, 3.8) is 0 Å². The number of hydrogen-bond donors (Lipinski definition) is 0. The normalized spacial score (nSPS) is 13.2. The Bertz CT molecular complexity index is 2320. The molecule has 8 rings (SSSR count). The highest BCUT2D eigenvalue weighted by atomic mass is 15.2. The highest BCUT2D eigenvalue weighted by Crippen LogP contribution is 2.59. The number of hydrogen-bond acceptors (Lipinski definition) is 1. The molecule has 7 aromatic carbocycles. The molecule has 0 aromatic heterocycles. The molecule has 0 N–H and O–H groups in total. The summed E-state index contributed by atoms with van der Waals surface area (Å²) in [6, 6.07) is 58.5. The molecule has 1 aliphatic carbocycles. The average Bonchev–Trinajstić information content (AvgIpc) is 3.44. The minimum Gasteiger partial charge on any atom is -0.309 e. The minimum absolute atomic E-state index is 0.0368. The highest BCUT2D eigenvalue weighted by molar-refractivity contribution is 6.10. The van der Waals surface area contributed by atoms with Gasteiger partial charge in [0.1, 0.15) is 0 Å². The second kappa shape index (κ2) is 12.5. The van der Waals surface area contributed by atoms with Crippen molar-refractivity contribution in [3.8, 4) is 33.4 Å². The van der Waals surface area contributed by atoms with Crippen molar-refractivity contribution in [1.82, 2.24) is 0 Å². The molecule has 1 nitrogen and oxygen atoms in total. The lowest BCUT2D eigenvalue weighted by atomic mass is 9.73. The maximum atomic E-state index is 2.58. The first-order valence-electron chi connectivity index (χ1n) is 18.2. The lowest BCUT2D eigenvalue weighted by molar-refractivity contribution is 0.491. The molecule has 0 radical (unpaired) electrons. The molecule has 7 aromatic rings. The molecular formula is C49H45N. The van der Waals surface area contributed by atoms with E-state index >= 15 is 0 Å². The molecule has 0 unspecified atom stereocenters. The van der Waals surface area contributed by atoms with Gasteiger partial charge in [-0.3, -0.25) is 0 Å². The average molecular weight is 648 g/mol. The highest BCUT2D eigenvalue weighted by Gasteiger charge is 2.43. The summed E-state index contributed by atoms with van der Waals surface area (Å²) < 4.78 is 0. The van der Waals surface area contributed by atoms with Crippen molar-refractivity contribution < 1.29 is 0 Å².